The van der Waals surface area contributed by atoms with E-state index in [0.29, 0.717) is 13.0 Å². The SMILES string of the molecule is Cc1[nH]c2ccccc2c1CC(=O)NCc1ccnc(-n2ccnc2)c1. The topological polar surface area (TPSA) is 75.6 Å². The number of aryl methyl sites for hydroxylation is 1. The fourth-order valence-electron chi connectivity index (χ4n) is 3.09. The van der Waals surface area contributed by atoms with E-state index in [9.17, 15) is 4.79 Å². The van der Waals surface area contributed by atoms with Crippen LogP contribution in [0.4, 0.5) is 0 Å². The van der Waals surface area contributed by atoms with Crippen LogP contribution in [0.3, 0.4) is 0 Å². The Morgan fingerprint density at radius 3 is 2.96 bits per heavy atom. The Bertz CT molecular complexity index is 1050. The molecule has 3 heterocycles. The lowest BCUT2D eigenvalue weighted by Gasteiger charge is -2.08. The third-order valence-corrected chi connectivity index (χ3v) is 4.43. The lowest BCUT2D eigenvalue weighted by Crippen LogP contribution is -2.24. The minimum Gasteiger partial charge on any atom is -0.358 e. The second-order valence-corrected chi connectivity index (χ2v) is 6.22. The standard InChI is InChI=1S/C20H19N5O/c1-14-17(16-4-2-3-5-18(16)24-14)11-20(26)23-12-15-6-7-22-19(10-15)25-9-8-21-13-25/h2-10,13,24H,11-12H2,1H3,(H,23,26). The number of aromatic nitrogens is 4. The minimum atomic E-state index is -0.00107. The van der Waals surface area contributed by atoms with Gasteiger partial charge in [0.05, 0.1) is 6.42 Å². The number of nitrogens with one attached hydrogen (secondary N) is 2. The van der Waals surface area contributed by atoms with Crippen molar-refractivity contribution < 1.29 is 4.79 Å². The summed E-state index contributed by atoms with van der Waals surface area (Å²) in [5.74, 6) is 0.778. The summed E-state index contributed by atoms with van der Waals surface area (Å²) in [4.78, 5) is 24.1. The average Bonchev–Trinajstić information content (AvgIpc) is 3.29. The Morgan fingerprint density at radius 1 is 1.23 bits per heavy atom. The van der Waals surface area contributed by atoms with Gasteiger partial charge in [-0.05, 0) is 36.2 Å². The van der Waals surface area contributed by atoms with Crippen molar-refractivity contribution in [2.45, 2.75) is 19.9 Å². The number of carbonyl (C=O) groups excluding carboxylic acids is 1. The number of imidazole rings is 1. The Balaban J connectivity index is 1.44. The van der Waals surface area contributed by atoms with Crippen LogP contribution in [0.25, 0.3) is 16.7 Å². The monoisotopic (exact) mass is 345 g/mol. The van der Waals surface area contributed by atoms with Gasteiger partial charge in [-0.1, -0.05) is 18.2 Å². The van der Waals surface area contributed by atoms with E-state index >= 15 is 0 Å². The number of carbonyl (C=O) groups is 1. The van der Waals surface area contributed by atoms with Crippen LogP contribution >= 0.6 is 0 Å². The second kappa shape index (κ2) is 6.84. The largest absolute Gasteiger partial charge is 0.358 e. The number of benzene rings is 1. The van der Waals surface area contributed by atoms with Gasteiger partial charge in [0.25, 0.3) is 0 Å². The van der Waals surface area contributed by atoms with Crippen molar-refractivity contribution in [3.63, 3.8) is 0 Å². The summed E-state index contributed by atoms with van der Waals surface area (Å²) in [5.41, 5.74) is 4.14. The summed E-state index contributed by atoms with van der Waals surface area (Å²) in [6.07, 6.45) is 7.34. The smallest absolute Gasteiger partial charge is 0.224 e. The lowest BCUT2D eigenvalue weighted by atomic mass is 10.1. The van der Waals surface area contributed by atoms with E-state index in [1.165, 1.54) is 0 Å². The Kier molecular flexibility index (Phi) is 4.23. The van der Waals surface area contributed by atoms with Gasteiger partial charge in [0.2, 0.25) is 5.91 Å². The predicted molar refractivity (Wildman–Crippen MR) is 99.9 cm³/mol. The zero-order chi connectivity index (χ0) is 17.9. The van der Waals surface area contributed by atoms with Gasteiger partial charge in [0.15, 0.2) is 0 Å². The van der Waals surface area contributed by atoms with Crippen molar-refractivity contribution in [2.75, 3.05) is 0 Å². The average molecular weight is 345 g/mol. The van der Waals surface area contributed by atoms with Crippen molar-refractivity contribution in [2.24, 2.45) is 0 Å². The Labute approximate surface area is 150 Å². The number of para-hydroxylation sites is 1. The molecule has 6 nitrogen and oxygen atoms in total. The Morgan fingerprint density at radius 2 is 2.12 bits per heavy atom. The second-order valence-electron chi connectivity index (χ2n) is 6.22. The molecule has 1 amide bonds. The van der Waals surface area contributed by atoms with Gasteiger partial charge < -0.3 is 10.3 Å². The molecule has 0 unspecified atom stereocenters. The quantitative estimate of drug-likeness (QED) is 0.584. The molecule has 4 aromatic rings. The third-order valence-electron chi connectivity index (χ3n) is 4.43. The summed E-state index contributed by atoms with van der Waals surface area (Å²) in [5, 5.41) is 4.10. The molecule has 0 fully saturated rings. The molecule has 0 aliphatic rings. The molecule has 0 radical (unpaired) electrons. The fraction of sp³-hybridized carbons (Fsp3) is 0.150. The maximum atomic E-state index is 12.4. The molecular formula is C20H19N5O. The fourth-order valence-corrected chi connectivity index (χ4v) is 3.09. The third kappa shape index (κ3) is 3.21. The summed E-state index contributed by atoms with van der Waals surface area (Å²) >= 11 is 0. The summed E-state index contributed by atoms with van der Waals surface area (Å²) < 4.78 is 1.83. The molecule has 4 rings (SSSR count). The predicted octanol–water partition coefficient (Wildman–Crippen LogP) is 2.92. The van der Waals surface area contributed by atoms with E-state index in [-0.39, 0.29) is 5.91 Å². The van der Waals surface area contributed by atoms with Gasteiger partial charge in [0.1, 0.15) is 12.1 Å². The van der Waals surface area contributed by atoms with Crippen molar-refractivity contribution in [3.8, 4) is 5.82 Å². The molecule has 0 aliphatic carbocycles. The first kappa shape index (κ1) is 16.1. The van der Waals surface area contributed by atoms with Crippen LogP contribution in [-0.2, 0) is 17.8 Å². The number of hydrogen-bond donors (Lipinski definition) is 2. The van der Waals surface area contributed by atoms with Crippen LogP contribution < -0.4 is 5.32 Å². The van der Waals surface area contributed by atoms with Crippen LogP contribution in [0.15, 0.2) is 61.3 Å². The van der Waals surface area contributed by atoms with Gasteiger partial charge >= 0.3 is 0 Å². The minimum absolute atomic E-state index is 0.00107. The number of H-pyrrole nitrogens is 1. The first-order valence-electron chi connectivity index (χ1n) is 8.47. The van der Waals surface area contributed by atoms with Crippen molar-refractivity contribution in [1.82, 2.24) is 24.8 Å². The van der Waals surface area contributed by atoms with E-state index < -0.39 is 0 Å². The van der Waals surface area contributed by atoms with Crippen molar-refractivity contribution >= 4 is 16.8 Å². The Hall–Kier alpha value is -3.41. The van der Waals surface area contributed by atoms with E-state index in [1.807, 2.05) is 54.1 Å². The summed E-state index contributed by atoms with van der Waals surface area (Å²) in [6.45, 7) is 2.47. The van der Waals surface area contributed by atoms with Gasteiger partial charge in [-0.25, -0.2) is 9.97 Å². The molecule has 0 saturated carbocycles. The van der Waals surface area contributed by atoms with Gasteiger partial charge in [-0.3, -0.25) is 9.36 Å². The van der Waals surface area contributed by atoms with Gasteiger partial charge in [0, 0.05) is 41.7 Å². The summed E-state index contributed by atoms with van der Waals surface area (Å²) in [7, 11) is 0. The molecule has 0 spiro atoms. The summed E-state index contributed by atoms with van der Waals surface area (Å²) in [6, 6.07) is 11.9. The van der Waals surface area contributed by atoms with Crippen molar-refractivity contribution in [1.29, 1.82) is 0 Å². The maximum Gasteiger partial charge on any atom is 0.224 e. The number of nitrogens with zero attached hydrogens (tertiary/aromatic N) is 3. The maximum absolute atomic E-state index is 12.4. The highest BCUT2D eigenvalue weighted by Gasteiger charge is 2.12. The van der Waals surface area contributed by atoms with Crippen LogP contribution in [0, 0.1) is 6.92 Å². The molecule has 26 heavy (non-hydrogen) atoms. The highest BCUT2D eigenvalue weighted by Crippen LogP contribution is 2.22. The first-order valence-corrected chi connectivity index (χ1v) is 8.47. The van der Waals surface area contributed by atoms with Crippen LogP contribution in [0.1, 0.15) is 16.8 Å². The molecule has 1 aromatic carbocycles. The number of rotatable bonds is 5. The highest BCUT2D eigenvalue weighted by atomic mass is 16.1. The molecule has 130 valence electrons. The zero-order valence-electron chi connectivity index (χ0n) is 14.4. The molecule has 2 N–H and O–H groups in total. The molecule has 6 heteroatoms. The highest BCUT2D eigenvalue weighted by molar-refractivity contribution is 5.90. The van der Waals surface area contributed by atoms with E-state index in [4.69, 9.17) is 0 Å². The van der Waals surface area contributed by atoms with Crippen LogP contribution in [0.2, 0.25) is 0 Å². The zero-order valence-corrected chi connectivity index (χ0v) is 14.4. The van der Waals surface area contributed by atoms with Gasteiger partial charge in [-0.15, -0.1) is 0 Å². The number of hydrogen-bond acceptors (Lipinski definition) is 3. The van der Waals surface area contributed by atoms with E-state index in [2.05, 4.69) is 20.3 Å². The normalized spacial score (nSPS) is 11.0. The first-order chi connectivity index (χ1) is 12.7. The molecular weight excluding hydrogens is 326 g/mol. The molecule has 0 saturated heterocycles. The number of fused-ring (bicyclic) bond motifs is 1. The lowest BCUT2D eigenvalue weighted by molar-refractivity contribution is -0.120. The molecule has 3 aromatic heterocycles. The van der Waals surface area contributed by atoms with Crippen molar-refractivity contribution in [3.05, 3.63) is 78.1 Å². The van der Waals surface area contributed by atoms with Gasteiger partial charge in [-0.2, -0.15) is 0 Å². The van der Waals surface area contributed by atoms with E-state index in [0.717, 1.165) is 33.5 Å². The molecule has 0 atom stereocenters. The van der Waals surface area contributed by atoms with Crippen LogP contribution in [0.5, 0.6) is 0 Å². The number of aromatic amines is 1. The number of pyridine rings is 1. The number of amides is 1. The van der Waals surface area contributed by atoms with Crippen LogP contribution in [-0.4, -0.2) is 25.4 Å². The molecule has 0 aliphatic heterocycles. The molecule has 0 bridgehead atoms. The van der Waals surface area contributed by atoms with E-state index in [1.54, 1.807) is 18.7 Å².